The number of hydrogen-bond acceptors (Lipinski definition) is 7. The molecule has 0 spiro atoms. The summed E-state index contributed by atoms with van der Waals surface area (Å²) in [7, 11) is 1.20. The second-order valence-electron chi connectivity index (χ2n) is 6.62. The monoisotopic (exact) mass is 429 g/mol. The van der Waals surface area contributed by atoms with Crippen molar-refractivity contribution in [1.82, 2.24) is 5.43 Å². The number of aliphatic imine (C=N–C) groups is 1. The van der Waals surface area contributed by atoms with Gasteiger partial charge in [0.05, 0.1) is 41.6 Å². The lowest BCUT2D eigenvalue weighted by Gasteiger charge is -2.36. The molecule has 3 N–H and O–H groups in total. The number of halogens is 3. The number of benzene rings is 2. The number of rotatable bonds is 3. The third kappa shape index (κ3) is 4.22. The molecule has 31 heavy (non-hydrogen) atoms. The number of alkyl halides is 3. The Kier molecular flexibility index (Phi) is 5.99. The molecular weight excluding hydrogens is 411 g/mol. The van der Waals surface area contributed by atoms with Crippen molar-refractivity contribution in [3.8, 4) is 6.07 Å². The summed E-state index contributed by atoms with van der Waals surface area (Å²) >= 11 is 0. The van der Waals surface area contributed by atoms with Gasteiger partial charge in [0.25, 0.3) is 0 Å². The Bertz CT molecular complexity index is 1100. The second kappa shape index (κ2) is 8.49. The van der Waals surface area contributed by atoms with E-state index in [1.807, 2.05) is 6.07 Å². The molecule has 160 valence electrons. The number of hydrogen-bond donors (Lipinski definition) is 2. The molecule has 2 aromatic rings. The largest absolute Gasteiger partial charge is 0.466 e. The van der Waals surface area contributed by atoms with E-state index in [1.54, 1.807) is 31.2 Å². The summed E-state index contributed by atoms with van der Waals surface area (Å²) in [5.74, 6) is 4.98. The molecular formula is C21H18F3N5O2. The lowest BCUT2D eigenvalue weighted by atomic mass is 9.97. The van der Waals surface area contributed by atoms with E-state index in [0.29, 0.717) is 11.1 Å². The molecule has 0 bridgehead atoms. The summed E-state index contributed by atoms with van der Waals surface area (Å²) in [6.45, 7) is 1.63. The van der Waals surface area contributed by atoms with Crippen molar-refractivity contribution < 1.29 is 22.7 Å². The average molecular weight is 429 g/mol. The van der Waals surface area contributed by atoms with Gasteiger partial charge < -0.3 is 9.64 Å². The Hall–Kier alpha value is -3.84. The lowest BCUT2D eigenvalue weighted by Crippen LogP contribution is -2.52. The van der Waals surface area contributed by atoms with Crippen molar-refractivity contribution in [2.45, 2.75) is 19.1 Å². The first-order chi connectivity index (χ1) is 14.7. The highest BCUT2D eigenvalue weighted by Gasteiger charge is 2.36. The van der Waals surface area contributed by atoms with Crippen LogP contribution in [0.4, 0.5) is 18.9 Å². The Morgan fingerprint density at radius 3 is 2.48 bits per heavy atom. The van der Waals surface area contributed by atoms with Crippen molar-refractivity contribution in [3.05, 3.63) is 70.8 Å². The first kappa shape index (κ1) is 21.9. The van der Waals surface area contributed by atoms with Gasteiger partial charge in [-0.05, 0) is 37.3 Å². The molecule has 0 amide bonds. The standard InChI is InChI=1S/C21H18F3N5O2/c1-12-17(19(30)31-2)18(14-8-6-13(11-25)7-9-14)27-20(28-26)29(12)16-5-3-4-15(10-16)21(22,23)24/h3-10,12H,26H2,1-2H3,(H,27,28). The molecule has 0 aromatic heterocycles. The van der Waals surface area contributed by atoms with Crippen LogP contribution in [0.3, 0.4) is 0 Å². The summed E-state index contributed by atoms with van der Waals surface area (Å²) in [5, 5.41) is 9.00. The van der Waals surface area contributed by atoms with Crippen LogP contribution in [0, 0.1) is 11.3 Å². The van der Waals surface area contributed by atoms with Crippen LogP contribution >= 0.6 is 0 Å². The number of carbonyl (C=O) groups is 1. The smallest absolute Gasteiger partial charge is 0.416 e. The molecule has 1 atom stereocenters. The molecule has 1 unspecified atom stereocenters. The van der Waals surface area contributed by atoms with Crippen molar-refractivity contribution in [2.75, 3.05) is 12.0 Å². The molecule has 0 fully saturated rings. The molecule has 0 saturated carbocycles. The normalized spacial score (nSPS) is 16.5. The van der Waals surface area contributed by atoms with E-state index in [2.05, 4.69) is 10.4 Å². The zero-order chi connectivity index (χ0) is 22.8. The number of methoxy groups -OCH3 is 1. The van der Waals surface area contributed by atoms with Crippen LogP contribution in [0.2, 0.25) is 0 Å². The van der Waals surface area contributed by atoms with Gasteiger partial charge in [-0.15, -0.1) is 0 Å². The van der Waals surface area contributed by atoms with E-state index in [4.69, 9.17) is 15.8 Å². The van der Waals surface area contributed by atoms with Crippen LogP contribution in [0.1, 0.15) is 23.6 Å². The van der Waals surface area contributed by atoms with E-state index in [0.717, 1.165) is 12.1 Å². The van der Waals surface area contributed by atoms with E-state index in [1.165, 1.54) is 24.1 Å². The van der Waals surface area contributed by atoms with Crippen LogP contribution in [-0.2, 0) is 15.7 Å². The van der Waals surface area contributed by atoms with E-state index in [-0.39, 0.29) is 22.9 Å². The minimum atomic E-state index is -4.54. The Balaban J connectivity index is 2.17. The number of nitriles is 1. The molecule has 3 rings (SSSR count). The summed E-state index contributed by atoms with van der Waals surface area (Å²) in [6.07, 6.45) is -4.54. The van der Waals surface area contributed by atoms with E-state index >= 15 is 0 Å². The fourth-order valence-electron chi connectivity index (χ4n) is 3.31. The highest BCUT2D eigenvalue weighted by molar-refractivity contribution is 6.09. The zero-order valence-corrected chi connectivity index (χ0v) is 16.6. The minimum Gasteiger partial charge on any atom is -0.466 e. The van der Waals surface area contributed by atoms with Crippen LogP contribution < -0.4 is 16.2 Å². The number of guanidine groups is 1. The number of nitrogens with one attached hydrogen (secondary N) is 1. The van der Waals surface area contributed by atoms with Gasteiger partial charge >= 0.3 is 12.1 Å². The Morgan fingerprint density at radius 1 is 1.26 bits per heavy atom. The lowest BCUT2D eigenvalue weighted by molar-refractivity contribution is -0.138. The van der Waals surface area contributed by atoms with Crippen molar-refractivity contribution in [2.24, 2.45) is 10.8 Å². The van der Waals surface area contributed by atoms with Gasteiger partial charge in [-0.3, -0.25) is 5.43 Å². The predicted octanol–water partition coefficient (Wildman–Crippen LogP) is 3.19. The summed E-state index contributed by atoms with van der Waals surface area (Å²) in [5.41, 5.74) is 2.98. The molecule has 1 heterocycles. The first-order valence-electron chi connectivity index (χ1n) is 9.06. The Labute approximate surface area is 176 Å². The van der Waals surface area contributed by atoms with Crippen LogP contribution in [0.5, 0.6) is 0 Å². The Morgan fingerprint density at radius 2 is 1.94 bits per heavy atom. The number of carbonyl (C=O) groups excluding carboxylic acids is 1. The topological polar surface area (TPSA) is 104 Å². The SMILES string of the molecule is COC(=O)C1=C(c2ccc(C#N)cc2)N=C(NN)N(c2cccc(C(F)(F)F)c2)C1C. The second-order valence-corrected chi connectivity index (χ2v) is 6.62. The molecule has 0 radical (unpaired) electrons. The fraction of sp³-hybridized carbons (Fsp3) is 0.190. The number of esters is 1. The van der Waals surface area contributed by atoms with Gasteiger partial charge in [-0.25, -0.2) is 15.6 Å². The van der Waals surface area contributed by atoms with Crippen molar-refractivity contribution in [1.29, 1.82) is 5.26 Å². The number of hydrazine groups is 1. The highest BCUT2D eigenvalue weighted by Crippen LogP contribution is 2.36. The van der Waals surface area contributed by atoms with Crippen LogP contribution in [0.25, 0.3) is 5.70 Å². The summed E-state index contributed by atoms with van der Waals surface area (Å²) < 4.78 is 44.6. The fourth-order valence-corrected chi connectivity index (χ4v) is 3.31. The number of nitrogens with zero attached hydrogens (tertiary/aromatic N) is 3. The van der Waals surface area contributed by atoms with E-state index in [9.17, 15) is 18.0 Å². The minimum absolute atomic E-state index is 0.0406. The van der Waals surface area contributed by atoms with E-state index < -0.39 is 23.8 Å². The molecule has 1 aliphatic heterocycles. The molecule has 0 saturated heterocycles. The molecule has 1 aliphatic rings. The highest BCUT2D eigenvalue weighted by atomic mass is 19.4. The maximum Gasteiger partial charge on any atom is 0.416 e. The quantitative estimate of drug-likeness (QED) is 0.441. The summed E-state index contributed by atoms with van der Waals surface area (Å²) in [4.78, 5) is 18.4. The number of anilines is 1. The molecule has 2 aromatic carbocycles. The van der Waals surface area contributed by atoms with Crippen LogP contribution in [-0.4, -0.2) is 25.1 Å². The first-order valence-corrected chi connectivity index (χ1v) is 9.06. The van der Waals surface area contributed by atoms with Crippen molar-refractivity contribution in [3.63, 3.8) is 0 Å². The maximum atomic E-state index is 13.2. The maximum absolute atomic E-state index is 13.2. The van der Waals surface area contributed by atoms with Gasteiger partial charge in [-0.1, -0.05) is 18.2 Å². The third-order valence-corrected chi connectivity index (χ3v) is 4.78. The zero-order valence-electron chi connectivity index (χ0n) is 16.6. The number of nitrogens with two attached hydrogens (primary N) is 1. The van der Waals surface area contributed by atoms with Gasteiger partial charge in [0.1, 0.15) is 0 Å². The molecule has 0 aliphatic carbocycles. The van der Waals surface area contributed by atoms with Gasteiger partial charge in [0.2, 0.25) is 5.96 Å². The average Bonchev–Trinajstić information content (AvgIpc) is 2.77. The molecule has 10 heteroatoms. The molecule has 7 nitrogen and oxygen atoms in total. The van der Waals surface area contributed by atoms with Gasteiger partial charge in [-0.2, -0.15) is 18.4 Å². The summed E-state index contributed by atoms with van der Waals surface area (Å²) in [6, 6.07) is 12.2. The predicted molar refractivity (Wildman–Crippen MR) is 108 cm³/mol. The van der Waals surface area contributed by atoms with Crippen LogP contribution in [0.15, 0.2) is 59.1 Å². The van der Waals surface area contributed by atoms with Gasteiger partial charge in [0, 0.05) is 11.3 Å². The number of ether oxygens (including phenoxy) is 1. The van der Waals surface area contributed by atoms with Crippen molar-refractivity contribution >= 4 is 23.3 Å². The van der Waals surface area contributed by atoms with Gasteiger partial charge in [0.15, 0.2) is 0 Å². The third-order valence-electron chi connectivity index (χ3n) is 4.78.